The van der Waals surface area contributed by atoms with Crippen molar-refractivity contribution in [1.29, 1.82) is 0 Å². The van der Waals surface area contributed by atoms with Crippen molar-refractivity contribution >= 4 is 17.3 Å². The first-order valence-corrected chi connectivity index (χ1v) is 6.52. The van der Waals surface area contributed by atoms with Gasteiger partial charge in [-0.05, 0) is 24.7 Å². The molecule has 5 heteroatoms. The quantitative estimate of drug-likeness (QED) is 0.870. The van der Waals surface area contributed by atoms with Crippen LogP contribution in [0.15, 0.2) is 11.0 Å². The summed E-state index contributed by atoms with van der Waals surface area (Å²) >= 11 is 5.92. The van der Waals surface area contributed by atoms with Crippen molar-refractivity contribution in [3.63, 3.8) is 0 Å². The van der Waals surface area contributed by atoms with Gasteiger partial charge in [-0.3, -0.25) is 4.79 Å². The lowest BCUT2D eigenvalue weighted by Crippen LogP contribution is -2.26. The van der Waals surface area contributed by atoms with Crippen molar-refractivity contribution in [2.75, 3.05) is 11.9 Å². The van der Waals surface area contributed by atoms with Crippen LogP contribution in [0.2, 0.25) is 5.02 Å². The van der Waals surface area contributed by atoms with Crippen LogP contribution in [0.1, 0.15) is 39.0 Å². The second kappa shape index (κ2) is 5.08. The number of nitrogens with zero attached hydrogens (tertiary/aromatic N) is 1. The van der Waals surface area contributed by atoms with Gasteiger partial charge in [0.15, 0.2) is 0 Å². The first-order chi connectivity index (χ1) is 8.17. The summed E-state index contributed by atoms with van der Waals surface area (Å²) in [6.45, 7) is 3.10. The second-order valence-electron chi connectivity index (χ2n) is 4.84. The molecule has 4 nitrogen and oxygen atoms in total. The van der Waals surface area contributed by atoms with Gasteiger partial charge in [0, 0.05) is 6.54 Å². The number of aromatic amines is 1. The molecule has 0 amide bonds. The minimum absolute atomic E-state index is 0.198. The van der Waals surface area contributed by atoms with E-state index >= 15 is 0 Å². The zero-order valence-electron chi connectivity index (χ0n) is 10.1. The highest BCUT2D eigenvalue weighted by Crippen LogP contribution is 2.41. The molecule has 1 fully saturated rings. The highest BCUT2D eigenvalue weighted by molar-refractivity contribution is 6.32. The van der Waals surface area contributed by atoms with E-state index in [-0.39, 0.29) is 10.6 Å². The molecule has 1 aromatic heterocycles. The highest BCUT2D eigenvalue weighted by Gasteiger charge is 2.31. The van der Waals surface area contributed by atoms with Crippen LogP contribution in [-0.2, 0) is 0 Å². The molecular weight excluding hydrogens is 238 g/mol. The average Bonchev–Trinajstić information content (AvgIpc) is 2.81. The first kappa shape index (κ1) is 12.4. The monoisotopic (exact) mass is 255 g/mol. The molecule has 0 aliphatic heterocycles. The van der Waals surface area contributed by atoms with Gasteiger partial charge in [-0.1, -0.05) is 31.4 Å². The molecule has 17 heavy (non-hydrogen) atoms. The lowest BCUT2D eigenvalue weighted by Gasteiger charge is -2.28. The van der Waals surface area contributed by atoms with Crippen LogP contribution in [0, 0.1) is 5.41 Å². The molecule has 0 radical (unpaired) electrons. The third-order valence-corrected chi connectivity index (χ3v) is 4.24. The summed E-state index contributed by atoms with van der Waals surface area (Å²) in [6, 6.07) is 0. The van der Waals surface area contributed by atoms with E-state index in [9.17, 15) is 4.79 Å². The lowest BCUT2D eigenvalue weighted by atomic mass is 9.83. The van der Waals surface area contributed by atoms with Crippen molar-refractivity contribution in [2.24, 2.45) is 5.41 Å². The third-order valence-electron chi connectivity index (χ3n) is 3.86. The number of hydrogen-bond acceptors (Lipinski definition) is 3. The van der Waals surface area contributed by atoms with Gasteiger partial charge in [-0.2, -0.15) is 5.10 Å². The molecule has 2 rings (SSSR count). The number of rotatable bonds is 4. The van der Waals surface area contributed by atoms with Gasteiger partial charge in [-0.15, -0.1) is 0 Å². The van der Waals surface area contributed by atoms with Gasteiger partial charge >= 0.3 is 0 Å². The fourth-order valence-electron chi connectivity index (χ4n) is 2.57. The zero-order chi connectivity index (χ0) is 12.3. The fraction of sp³-hybridized carbons (Fsp3) is 0.667. The Bertz CT molecular complexity index is 438. The molecule has 0 atom stereocenters. The Balaban J connectivity index is 2.06. The van der Waals surface area contributed by atoms with Gasteiger partial charge in [0.1, 0.15) is 5.02 Å². The van der Waals surface area contributed by atoms with Gasteiger partial charge < -0.3 is 5.32 Å². The molecule has 94 valence electrons. The van der Waals surface area contributed by atoms with E-state index in [0.29, 0.717) is 11.1 Å². The minimum Gasteiger partial charge on any atom is -0.382 e. The third kappa shape index (κ3) is 2.63. The number of H-pyrrole nitrogens is 1. The molecule has 0 saturated heterocycles. The minimum atomic E-state index is -0.339. The summed E-state index contributed by atoms with van der Waals surface area (Å²) < 4.78 is 0. The van der Waals surface area contributed by atoms with Crippen LogP contribution in [0.25, 0.3) is 0 Å². The van der Waals surface area contributed by atoms with Gasteiger partial charge in [-0.25, -0.2) is 5.10 Å². The Kier molecular flexibility index (Phi) is 3.72. The summed E-state index contributed by atoms with van der Waals surface area (Å²) in [6.07, 6.45) is 7.85. The molecule has 0 aromatic carbocycles. The van der Waals surface area contributed by atoms with Crippen molar-refractivity contribution in [1.82, 2.24) is 10.2 Å². The Morgan fingerprint density at radius 1 is 1.53 bits per heavy atom. The van der Waals surface area contributed by atoms with Crippen LogP contribution >= 0.6 is 11.6 Å². The topological polar surface area (TPSA) is 57.8 Å². The summed E-state index contributed by atoms with van der Waals surface area (Å²) in [4.78, 5) is 11.3. The van der Waals surface area contributed by atoms with E-state index in [2.05, 4.69) is 22.4 Å². The van der Waals surface area contributed by atoms with E-state index in [1.165, 1.54) is 25.7 Å². The number of nitrogens with one attached hydrogen (secondary N) is 2. The molecule has 0 bridgehead atoms. The van der Waals surface area contributed by atoms with Crippen molar-refractivity contribution < 1.29 is 0 Å². The van der Waals surface area contributed by atoms with Crippen LogP contribution < -0.4 is 10.9 Å². The summed E-state index contributed by atoms with van der Waals surface area (Å²) in [5, 5.41) is 9.54. The maximum absolute atomic E-state index is 11.3. The van der Waals surface area contributed by atoms with Gasteiger partial charge in [0.05, 0.1) is 11.9 Å². The Hall–Kier alpha value is -1.03. The highest BCUT2D eigenvalue weighted by atomic mass is 35.5. The molecule has 1 aliphatic carbocycles. The molecule has 1 saturated carbocycles. The van der Waals surface area contributed by atoms with E-state index in [0.717, 1.165) is 13.0 Å². The predicted octanol–water partition coefficient (Wildman–Crippen LogP) is 2.81. The Morgan fingerprint density at radius 3 is 2.88 bits per heavy atom. The first-order valence-electron chi connectivity index (χ1n) is 6.14. The predicted molar refractivity (Wildman–Crippen MR) is 69.5 cm³/mol. The van der Waals surface area contributed by atoms with Crippen LogP contribution in [0.5, 0.6) is 0 Å². The van der Waals surface area contributed by atoms with E-state index in [1.807, 2.05) is 0 Å². The summed E-state index contributed by atoms with van der Waals surface area (Å²) in [7, 11) is 0. The van der Waals surface area contributed by atoms with Crippen LogP contribution in [-0.4, -0.2) is 16.7 Å². The molecule has 1 aliphatic rings. The average molecular weight is 256 g/mol. The lowest BCUT2D eigenvalue weighted by molar-refractivity contribution is 0.307. The number of aromatic nitrogens is 2. The SMILES string of the molecule is CCC1(CNc2cn[nH]c(=O)c2Cl)CCCC1. The van der Waals surface area contributed by atoms with Crippen molar-refractivity contribution in [3.8, 4) is 0 Å². The molecule has 0 spiro atoms. The van der Waals surface area contributed by atoms with Crippen molar-refractivity contribution in [3.05, 3.63) is 21.6 Å². The second-order valence-corrected chi connectivity index (χ2v) is 5.22. The molecule has 1 heterocycles. The van der Waals surface area contributed by atoms with E-state index in [1.54, 1.807) is 6.20 Å². The van der Waals surface area contributed by atoms with Crippen LogP contribution in [0.3, 0.4) is 0 Å². The number of anilines is 1. The Labute approximate surface area is 106 Å². The summed E-state index contributed by atoms with van der Waals surface area (Å²) in [5.74, 6) is 0. The van der Waals surface area contributed by atoms with E-state index < -0.39 is 0 Å². The smallest absolute Gasteiger partial charge is 0.285 e. The van der Waals surface area contributed by atoms with E-state index in [4.69, 9.17) is 11.6 Å². The largest absolute Gasteiger partial charge is 0.382 e. The van der Waals surface area contributed by atoms with Crippen molar-refractivity contribution in [2.45, 2.75) is 39.0 Å². The van der Waals surface area contributed by atoms with Gasteiger partial charge in [0.2, 0.25) is 0 Å². The zero-order valence-corrected chi connectivity index (χ0v) is 10.8. The Morgan fingerprint density at radius 2 is 2.24 bits per heavy atom. The number of hydrogen-bond donors (Lipinski definition) is 2. The molecule has 1 aromatic rings. The molecule has 2 N–H and O–H groups in total. The standard InChI is InChI=1S/C12H18ClN3O/c1-2-12(5-3-4-6-12)8-14-9-7-15-16-11(17)10(9)13/h7H,2-6,8H2,1H3,(H2,14,16,17). The van der Waals surface area contributed by atoms with Gasteiger partial charge in [0.25, 0.3) is 5.56 Å². The summed E-state index contributed by atoms with van der Waals surface area (Å²) in [5.41, 5.74) is 0.662. The molecular formula is C12H18ClN3O. The van der Waals surface area contributed by atoms with Crippen LogP contribution in [0.4, 0.5) is 5.69 Å². The number of halogens is 1. The maximum atomic E-state index is 11.3. The maximum Gasteiger partial charge on any atom is 0.285 e. The molecule has 0 unspecified atom stereocenters. The fourth-order valence-corrected chi connectivity index (χ4v) is 2.73. The normalized spacial score (nSPS) is 18.2.